The smallest absolute Gasteiger partial charge is 0.240 e. The average Bonchev–Trinajstić information content (AvgIpc) is 2.46. The summed E-state index contributed by atoms with van der Waals surface area (Å²) in [5, 5.41) is -0.0775. The van der Waals surface area contributed by atoms with E-state index >= 15 is 0 Å². The van der Waals surface area contributed by atoms with Gasteiger partial charge in [0.15, 0.2) is 5.78 Å². The molecule has 1 aromatic carbocycles. The van der Waals surface area contributed by atoms with E-state index in [1.807, 2.05) is 36.9 Å². The lowest BCUT2D eigenvalue weighted by Crippen LogP contribution is -2.40. The maximum atomic E-state index is 12.3. The molecule has 0 aliphatic carbocycles. The maximum absolute atomic E-state index is 12.3. The van der Waals surface area contributed by atoms with Crippen molar-refractivity contribution in [3.63, 3.8) is 0 Å². The molecule has 0 spiro atoms. The predicted octanol–water partition coefficient (Wildman–Crippen LogP) is 3.91. The van der Waals surface area contributed by atoms with Crippen molar-refractivity contribution in [2.24, 2.45) is 0 Å². The summed E-state index contributed by atoms with van der Waals surface area (Å²) in [5.41, 5.74) is 1.70. The highest BCUT2D eigenvalue weighted by molar-refractivity contribution is 8.01. The molecule has 108 valence electrons. The highest BCUT2D eigenvalue weighted by atomic mass is 32.2. The van der Waals surface area contributed by atoms with E-state index in [1.54, 1.807) is 11.8 Å². The second-order valence-corrected chi connectivity index (χ2v) is 6.45. The number of amides is 1. The second kappa shape index (κ2) is 6.44. The summed E-state index contributed by atoms with van der Waals surface area (Å²) in [7, 11) is 0. The van der Waals surface area contributed by atoms with Gasteiger partial charge < -0.3 is 4.90 Å². The molecule has 0 N–H and O–H groups in total. The minimum Gasteiger partial charge on any atom is -0.310 e. The number of thioether (sulfide) groups is 1. The Balaban J connectivity index is 2.36. The van der Waals surface area contributed by atoms with E-state index in [0.717, 1.165) is 35.5 Å². The third-order valence-electron chi connectivity index (χ3n) is 3.55. The lowest BCUT2D eigenvalue weighted by Gasteiger charge is -2.32. The standard InChI is InChI=1S/C16H21NO2S/c1-4-6-9-17-13-8-7-12(14(18)5-2)10-15(13)20-11(3)16(17)19/h7-8,10-11H,4-6,9H2,1-3H3. The molecule has 0 saturated carbocycles. The topological polar surface area (TPSA) is 37.4 Å². The lowest BCUT2D eigenvalue weighted by molar-refractivity contribution is -0.118. The Morgan fingerprint density at radius 2 is 2.10 bits per heavy atom. The molecule has 1 atom stereocenters. The van der Waals surface area contributed by atoms with Gasteiger partial charge in [0.25, 0.3) is 0 Å². The van der Waals surface area contributed by atoms with Crippen molar-refractivity contribution in [2.75, 3.05) is 11.4 Å². The number of rotatable bonds is 5. The highest BCUT2D eigenvalue weighted by Gasteiger charge is 2.30. The number of benzene rings is 1. The molecule has 1 amide bonds. The Morgan fingerprint density at radius 1 is 1.35 bits per heavy atom. The van der Waals surface area contributed by atoms with Gasteiger partial charge in [0, 0.05) is 23.4 Å². The molecule has 1 aliphatic rings. The normalized spacial score (nSPS) is 18.1. The fourth-order valence-corrected chi connectivity index (χ4v) is 3.44. The monoisotopic (exact) mass is 291 g/mol. The summed E-state index contributed by atoms with van der Waals surface area (Å²) in [4.78, 5) is 27.0. The minimum absolute atomic E-state index is 0.0775. The molecule has 0 fully saturated rings. The van der Waals surface area contributed by atoms with Crippen molar-refractivity contribution >= 4 is 29.1 Å². The molecule has 0 saturated heterocycles. The quantitative estimate of drug-likeness (QED) is 0.772. The van der Waals surface area contributed by atoms with Crippen LogP contribution in [0.3, 0.4) is 0 Å². The Kier molecular flexibility index (Phi) is 4.86. The fourth-order valence-electron chi connectivity index (χ4n) is 2.33. The van der Waals surface area contributed by atoms with E-state index < -0.39 is 0 Å². The lowest BCUT2D eigenvalue weighted by atomic mass is 10.1. The first-order valence-corrected chi connectivity index (χ1v) is 8.11. The molecule has 1 heterocycles. The summed E-state index contributed by atoms with van der Waals surface area (Å²) in [6.07, 6.45) is 2.57. The SMILES string of the molecule is CCCCN1C(=O)C(C)Sc2cc(C(=O)CC)ccc21. The fraction of sp³-hybridized carbons (Fsp3) is 0.500. The highest BCUT2D eigenvalue weighted by Crippen LogP contribution is 2.39. The van der Waals surface area contributed by atoms with Crippen molar-refractivity contribution in [1.29, 1.82) is 0 Å². The number of fused-ring (bicyclic) bond motifs is 1. The van der Waals surface area contributed by atoms with E-state index in [-0.39, 0.29) is 16.9 Å². The van der Waals surface area contributed by atoms with Crippen molar-refractivity contribution in [3.8, 4) is 0 Å². The molecule has 1 aliphatic heterocycles. The van der Waals surface area contributed by atoms with Gasteiger partial charge in [-0.05, 0) is 31.5 Å². The molecule has 1 unspecified atom stereocenters. The molecule has 2 rings (SSSR count). The van der Waals surface area contributed by atoms with Crippen LogP contribution in [0.15, 0.2) is 23.1 Å². The Bertz CT molecular complexity index is 527. The molecular formula is C16H21NO2S. The number of carbonyl (C=O) groups is 2. The van der Waals surface area contributed by atoms with Crippen molar-refractivity contribution in [2.45, 2.75) is 50.2 Å². The van der Waals surface area contributed by atoms with Crippen molar-refractivity contribution < 1.29 is 9.59 Å². The number of nitrogens with zero attached hydrogens (tertiary/aromatic N) is 1. The van der Waals surface area contributed by atoms with Crippen LogP contribution in [0.1, 0.15) is 50.4 Å². The second-order valence-electron chi connectivity index (χ2n) is 5.06. The molecule has 0 aromatic heterocycles. The molecule has 4 heteroatoms. The molecule has 0 bridgehead atoms. The van der Waals surface area contributed by atoms with E-state index in [4.69, 9.17) is 0 Å². The van der Waals surface area contributed by atoms with Crippen LogP contribution in [0.25, 0.3) is 0 Å². The van der Waals surface area contributed by atoms with Crippen LogP contribution < -0.4 is 4.90 Å². The van der Waals surface area contributed by atoms with Crippen LogP contribution in [-0.2, 0) is 4.79 Å². The maximum Gasteiger partial charge on any atom is 0.240 e. The Labute approximate surface area is 124 Å². The van der Waals surface area contributed by atoms with Crippen molar-refractivity contribution in [3.05, 3.63) is 23.8 Å². The van der Waals surface area contributed by atoms with Crippen LogP contribution in [0.2, 0.25) is 0 Å². The van der Waals surface area contributed by atoms with Gasteiger partial charge in [0.2, 0.25) is 5.91 Å². The molecule has 0 radical (unpaired) electrons. The third kappa shape index (κ3) is 2.90. The first kappa shape index (κ1) is 15.1. The van der Waals surface area contributed by atoms with E-state index in [9.17, 15) is 9.59 Å². The van der Waals surface area contributed by atoms with Crippen LogP contribution >= 0.6 is 11.8 Å². The summed E-state index contributed by atoms with van der Waals surface area (Å²) >= 11 is 1.56. The zero-order valence-corrected chi connectivity index (χ0v) is 13.1. The van der Waals surface area contributed by atoms with E-state index in [2.05, 4.69) is 6.92 Å². The van der Waals surface area contributed by atoms with Gasteiger partial charge in [-0.25, -0.2) is 0 Å². The summed E-state index contributed by atoms with van der Waals surface area (Å²) < 4.78 is 0. The first-order chi connectivity index (χ1) is 9.58. The third-order valence-corrected chi connectivity index (χ3v) is 4.68. The predicted molar refractivity (Wildman–Crippen MR) is 83.6 cm³/mol. The van der Waals surface area contributed by atoms with Gasteiger partial charge in [-0.1, -0.05) is 20.3 Å². The number of anilines is 1. The van der Waals surface area contributed by atoms with Gasteiger partial charge in [0.05, 0.1) is 10.9 Å². The van der Waals surface area contributed by atoms with Crippen LogP contribution in [0.5, 0.6) is 0 Å². The number of Topliss-reactive ketones (excluding diaryl/α,β-unsaturated/α-hetero) is 1. The van der Waals surface area contributed by atoms with E-state index in [1.165, 1.54) is 0 Å². The number of hydrogen-bond donors (Lipinski definition) is 0. The van der Waals surface area contributed by atoms with Crippen LogP contribution in [0, 0.1) is 0 Å². The Hall–Kier alpha value is -1.29. The van der Waals surface area contributed by atoms with Gasteiger partial charge in [-0.15, -0.1) is 11.8 Å². The molecule has 3 nitrogen and oxygen atoms in total. The van der Waals surface area contributed by atoms with Gasteiger partial charge >= 0.3 is 0 Å². The number of ketones is 1. The zero-order valence-electron chi connectivity index (χ0n) is 12.3. The Morgan fingerprint density at radius 3 is 2.75 bits per heavy atom. The number of hydrogen-bond acceptors (Lipinski definition) is 3. The summed E-state index contributed by atoms with van der Waals surface area (Å²) in [6, 6.07) is 5.70. The van der Waals surface area contributed by atoms with Gasteiger partial charge in [-0.2, -0.15) is 0 Å². The zero-order chi connectivity index (χ0) is 14.7. The molecular weight excluding hydrogens is 270 g/mol. The summed E-state index contributed by atoms with van der Waals surface area (Å²) in [5.74, 6) is 0.323. The first-order valence-electron chi connectivity index (χ1n) is 7.23. The molecule has 20 heavy (non-hydrogen) atoms. The van der Waals surface area contributed by atoms with Crippen molar-refractivity contribution in [1.82, 2.24) is 0 Å². The van der Waals surface area contributed by atoms with Gasteiger partial charge in [0.1, 0.15) is 0 Å². The number of carbonyl (C=O) groups excluding carboxylic acids is 2. The van der Waals surface area contributed by atoms with Crippen LogP contribution in [-0.4, -0.2) is 23.5 Å². The minimum atomic E-state index is -0.0775. The van der Waals surface area contributed by atoms with E-state index in [0.29, 0.717) is 6.42 Å². The van der Waals surface area contributed by atoms with Crippen LogP contribution in [0.4, 0.5) is 5.69 Å². The molecule has 1 aromatic rings. The summed E-state index contributed by atoms with van der Waals surface area (Å²) in [6.45, 7) is 6.68. The largest absolute Gasteiger partial charge is 0.310 e. The average molecular weight is 291 g/mol. The van der Waals surface area contributed by atoms with Gasteiger partial charge in [-0.3, -0.25) is 9.59 Å². The number of unbranched alkanes of at least 4 members (excludes halogenated alkanes) is 1.